The molecule has 1 aromatic heterocycles. The molecule has 0 aliphatic heterocycles. The molecule has 0 fully saturated rings. The summed E-state index contributed by atoms with van der Waals surface area (Å²) >= 11 is 0. The maximum absolute atomic E-state index is 11.9. The number of rotatable bonds is 5. The van der Waals surface area contributed by atoms with Crippen molar-refractivity contribution in [3.8, 4) is 0 Å². The van der Waals surface area contributed by atoms with E-state index in [2.05, 4.69) is 10.4 Å². The molecule has 0 saturated heterocycles. The van der Waals surface area contributed by atoms with Crippen LogP contribution in [0.5, 0.6) is 0 Å². The standard InChI is InChI=1S/C11H20N4O2/c1-7(2)9(6-17-4)13-11(16)10-8(12)5-15(3)14-10/h5,7,9H,6,12H2,1-4H3,(H,13,16). The van der Waals surface area contributed by atoms with Gasteiger partial charge in [0.25, 0.3) is 5.91 Å². The van der Waals surface area contributed by atoms with Crippen molar-refractivity contribution in [1.82, 2.24) is 15.1 Å². The van der Waals surface area contributed by atoms with E-state index in [0.717, 1.165) is 0 Å². The van der Waals surface area contributed by atoms with Crippen molar-refractivity contribution in [2.24, 2.45) is 13.0 Å². The van der Waals surface area contributed by atoms with Gasteiger partial charge in [0.05, 0.1) is 18.3 Å². The van der Waals surface area contributed by atoms with Crippen molar-refractivity contribution in [2.75, 3.05) is 19.5 Å². The quantitative estimate of drug-likeness (QED) is 0.780. The van der Waals surface area contributed by atoms with Gasteiger partial charge < -0.3 is 15.8 Å². The number of amides is 1. The van der Waals surface area contributed by atoms with E-state index in [1.54, 1.807) is 20.4 Å². The Balaban J connectivity index is 2.73. The van der Waals surface area contributed by atoms with Crippen LogP contribution < -0.4 is 11.1 Å². The monoisotopic (exact) mass is 240 g/mol. The Morgan fingerprint density at radius 1 is 1.65 bits per heavy atom. The van der Waals surface area contributed by atoms with Crippen molar-refractivity contribution in [3.05, 3.63) is 11.9 Å². The van der Waals surface area contributed by atoms with E-state index in [4.69, 9.17) is 10.5 Å². The second-order valence-electron chi connectivity index (χ2n) is 4.39. The Morgan fingerprint density at radius 2 is 2.29 bits per heavy atom. The van der Waals surface area contributed by atoms with Gasteiger partial charge in [-0.2, -0.15) is 5.10 Å². The van der Waals surface area contributed by atoms with Crippen LogP contribution >= 0.6 is 0 Å². The summed E-state index contributed by atoms with van der Waals surface area (Å²) in [4.78, 5) is 11.9. The highest BCUT2D eigenvalue weighted by Gasteiger charge is 2.20. The molecule has 1 amide bonds. The number of aromatic nitrogens is 2. The Morgan fingerprint density at radius 3 is 2.71 bits per heavy atom. The molecule has 1 unspecified atom stereocenters. The van der Waals surface area contributed by atoms with Gasteiger partial charge in [-0.05, 0) is 5.92 Å². The number of nitrogen functional groups attached to an aromatic ring is 1. The first kappa shape index (κ1) is 13.5. The van der Waals surface area contributed by atoms with Crippen molar-refractivity contribution < 1.29 is 9.53 Å². The molecule has 0 radical (unpaired) electrons. The lowest BCUT2D eigenvalue weighted by Crippen LogP contribution is -2.42. The topological polar surface area (TPSA) is 82.2 Å². The van der Waals surface area contributed by atoms with Crippen molar-refractivity contribution in [1.29, 1.82) is 0 Å². The number of aryl methyl sites for hydroxylation is 1. The summed E-state index contributed by atoms with van der Waals surface area (Å²) in [5.74, 6) is 0.0164. The van der Waals surface area contributed by atoms with Crippen LogP contribution in [-0.4, -0.2) is 35.4 Å². The van der Waals surface area contributed by atoms with Gasteiger partial charge in [0.2, 0.25) is 0 Å². The molecular formula is C11H20N4O2. The minimum Gasteiger partial charge on any atom is -0.396 e. The zero-order valence-electron chi connectivity index (χ0n) is 10.7. The van der Waals surface area contributed by atoms with Crippen molar-refractivity contribution >= 4 is 11.6 Å². The number of nitrogens with zero attached hydrogens (tertiary/aromatic N) is 2. The molecule has 96 valence electrons. The summed E-state index contributed by atoms with van der Waals surface area (Å²) in [6.45, 7) is 4.51. The molecule has 1 atom stereocenters. The number of nitrogens with two attached hydrogens (primary N) is 1. The van der Waals surface area contributed by atoms with Crippen LogP contribution in [0.25, 0.3) is 0 Å². The van der Waals surface area contributed by atoms with Gasteiger partial charge in [0.1, 0.15) is 0 Å². The second-order valence-corrected chi connectivity index (χ2v) is 4.39. The first-order chi connectivity index (χ1) is 7.95. The highest BCUT2D eigenvalue weighted by Crippen LogP contribution is 2.09. The van der Waals surface area contributed by atoms with Crippen molar-refractivity contribution in [3.63, 3.8) is 0 Å². The van der Waals surface area contributed by atoms with E-state index in [1.165, 1.54) is 4.68 Å². The normalized spacial score (nSPS) is 12.8. The zero-order valence-corrected chi connectivity index (χ0v) is 10.7. The fraction of sp³-hybridized carbons (Fsp3) is 0.636. The highest BCUT2D eigenvalue weighted by molar-refractivity contribution is 5.97. The van der Waals surface area contributed by atoms with Crippen molar-refractivity contribution in [2.45, 2.75) is 19.9 Å². The Kier molecular flexibility index (Phi) is 4.51. The molecule has 1 aromatic rings. The summed E-state index contributed by atoms with van der Waals surface area (Å²) in [6, 6.07) is -0.0473. The first-order valence-electron chi connectivity index (χ1n) is 5.54. The lowest BCUT2D eigenvalue weighted by atomic mass is 10.1. The van der Waals surface area contributed by atoms with Crippen LogP contribution in [0.4, 0.5) is 5.69 Å². The van der Waals surface area contributed by atoms with E-state index in [1.807, 2.05) is 13.8 Å². The van der Waals surface area contributed by atoms with Gasteiger partial charge in [0.15, 0.2) is 5.69 Å². The molecule has 6 nitrogen and oxygen atoms in total. The number of carbonyl (C=O) groups is 1. The number of hydrogen-bond donors (Lipinski definition) is 2. The lowest BCUT2D eigenvalue weighted by molar-refractivity contribution is 0.0862. The average molecular weight is 240 g/mol. The molecule has 1 rings (SSSR count). The fourth-order valence-corrected chi connectivity index (χ4v) is 1.50. The lowest BCUT2D eigenvalue weighted by Gasteiger charge is -2.20. The molecular weight excluding hydrogens is 220 g/mol. The third-order valence-corrected chi connectivity index (χ3v) is 2.54. The summed E-state index contributed by atoms with van der Waals surface area (Å²) in [6.07, 6.45) is 1.61. The minimum atomic E-state index is -0.265. The number of carbonyl (C=O) groups excluding carboxylic acids is 1. The third-order valence-electron chi connectivity index (χ3n) is 2.54. The number of anilines is 1. The predicted molar refractivity (Wildman–Crippen MR) is 65.6 cm³/mol. The van der Waals surface area contributed by atoms with Crippen LogP contribution in [-0.2, 0) is 11.8 Å². The molecule has 0 aromatic carbocycles. The molecule has 1 heterocycles. The maximum atomic E-state index is 11.9. The zero-order chi connectivity index (χ0) is 13.0. The van der Waals surface area contributed by atoms with Crippen LogP contribution in [0.3, 0.4) is 0 Å². The van der Waals surface area contributed by atoms with Crippen LogP contribution in [0.15, 0.2) is 6.20 Å². The fourth-order valence-electron chi connectivity index (χ4n) is 1.50. The van der Waals surface area contributed by atoms with Gasteiger partial charge in [-0.25, -0.2) is 0 Å². The number of nitrogens with one attached hydrogen (secondary N) is 1. The molecule has 6 heteroatoms. The number of hydrogen-bond acceptors (Lipinski definition) is 4. The first-order valence-corrected chi connectivity index (χ1v) is 5.54. The summed E-state index contributed by atoms with van der Waals surface area (Å²) in [5, 5.41) is 6.89. The molecule has 0 aliphatic rings. The number of ether oxygens (including phenoxy) is 1. The molecule has 0 saturated carbocycles. The van der Waals surface area contributed by atoms with Gasteiger partial charge in [0, 0.05) is 20.4 Å². The summed E-state index contributed by atoms with van der Waals surface area (Å²) in [5.41, 5.74) is 6.33. The van der Waals surface area contributed by atoms with E-state index < -0.39 is 0 Å². The average Bonchev–Trinajstić information content (AvgIpc) is 2.57. The Labute approximate surface area is 101 Å². The van der Waals surface area contributed by atoms with Gasteiger partial charge >= 0.3 is 0 Å². The molecule has 0 spiro atoms. The van der Waals surface area contributed by atoms with Gasteiger partial charge in [-0.15, -0.1) is 0 Å². The van der Waals surface area contributed by atoms with Crippen LogP contribution in [0.1, 0.15) is 24.3 Å². The maximum Gasteiger partial charge on any atom is 0.274 e. The van der Waals surface area contributed by atoms with Crippen LogP contribution in [0.2, 0.25) is 0 Å². The SMILES string of the molecule is COCC(NC(=O)c1nn(C)cc1N)C(C)C. The molecule has 17 heavy (non-hydrogen) atoms. The van der Waals surface area contributed by atoms with Gasteiger partial charge in [-0.3, -0.25) is 9.48 Å². The molecule has 3 N–H and O–H groups in total. The van der Waals surface area contributed by atoms with E-state index >= 15 is 0 Å². The molecule has 0 bridgehead atoms. The summed E-state index contributed by atoms with van der Waals surface area (Å²) < 4.78 is 6.58. The van der Waals surface area contributed by atoms with Gasteiger partial charge in [-0.1, -0.05) is 13.8 Å². The third kappa shape index (κ3) is 3.45. The number of methoxy groups -OCH3 is 1. The second kappa shape index (κ2) is 5.67. The summed E-state index contributed by atoms with van der Waals surface area (Å²) in [7, 11) is 3.33. The minimum absolute atomic E-state index is 0.0473. The smallest absolute Gasteiger partial charge is 0.274 e. The highest BCUT2D eigenvalue weighted by atomic mass is 16.5. The van der Waals surface area contributed by atoms with E-state index in [0.29, 0.717) is 12.3 Å². The van der Waals surface area contributed by atoms with Crippen LogP contribution in [0, 0.1) is 5.92 Å². The predicted octanol–water partition coefficient (Wildman–Crippen LogP) is 0.403. The molecule has 0 aliphatic carbocycles. The Bertz CT molecular complexity index is 387. The Hall–Kier alpha value is -1.56. The van der Waals surface area contributed by atoms with E-state index in [9.17, 15) is 4.79 Å². The van der Waals surface area contributed by atoms with E-state index in [-0.39, 0.29) is 23.6 Å². The largest absolute Gasteiger partial charge is 0.396 e.